The maximum Gasteiger partial charge on any atom is 0.137 e. The minimum Gasteiger partial charge on any atom is -0.509 e. The molecule has 0 saturated carbocycles. The Bertz CT molecular complexity index is 2770. The first-order chi connectivity index (χ1) is 24.6. The van der Waals surface area contributed by atoms with Crippen molar-refractivity contribution in [3.63, 3.8) is 0 Å². The van der Waals surface area contributed by atoms with Crippen LogP contribution in [0.4, 0.5) is 17.1 Å². The van der Waals surface area contributed by atoms with Crippen LogP contribution < -0.4 is 14.5 Å². The standard InChI is InChI=1S/C44H30N5O.Pt/c1-46-28-48(41-18-9-8-17-40(41)46)31-13-10-14-32(24-31)50-33-20-21-35-36-23-30(29-11-4-3-5-12-29)19-22-39(36)49(43(35)25-33)44-26-42-37(27-45-44)34-15-6-7-16-38(34)47(42)2;/h3-23,26-28H,1-2H3;/q-3;. The van der Waals surface area contributed by atoms with E-state index >= 15 is 0 Å². The van der Waals surface area contributed by atoms with Crippen LogP contribution in [0.1, 0.15) is 0 Å². The van der Waals surface area contributed by atoms with Crippen molar-refractivity contribution < 1.29 is 25.8 Å². The van der Waals surface area contributed by atoms with Crippen LogP contribution in [0, 0.1) is 18.8 Å². The van der Waals surface area contributed by atoms with Gasteiger partial charge in [-0.1, -0.05) is 78.3 Å². The number of rotatable bonds is 5. The molecule has 51 heavy (non-hydrogen) atoms. The van der Waals surface area contributed by atoms with Gasteiger partial charge in [0.15, 0.2) is 0 Å². The molecule has 10 rings (SSSR count). The topological polar surface area (TPSA) is 38.5 Å². The van der Waals surface area contributed by atoms with E-state index in [4.69, 9.17) is 9.72 Å². The van der Waals surface area contributed by atoms with Gasteiger partial charge in [-0.3, -0.25) is 0 Å². The van der Waals surface area contributed by atoms with Crippen LogP contribution in [0.25, 0.3) is 60.6 Å². The molecule has 0 radical (unpaired) electrons. The van der Waals surface area contributed by atoms with E-state index in [9.17, 15) is 0 Å². The molecule has 0 fully saturated rings. The van der Waals surface area contributed by atoms with Crippen LogP contribution in [0.3, 0.4) is 0 Å². The first kappa shape index (κ1) is 31.2. The zero-order chi connectivity index (χ0) is 33.3. The molecule has 0 saturated heterocycles. The molecule has 6 nitrogen and oxygen atoms in total. The first-order valence-corrected chi connectivity index (χ1v) is 16.7. The Morgan fingerprint density at radius 2 is 1.37 bits per heavy atom. The van der Waals surface area contributed by atoms with Gasteiger partial charge in [0.25, 0.3) is 0 Å². The maximum absolute atomic E-state index is 6.51. The number of benzene rings is 6. The van der Waals surface area contributed by atoms with Crippen molar-refractivity contribution in [3.8, 4) is 28.4 Å². The summed E-state index contributed by atoms with van der Waals surface area (Å²) < 4.78 is 11.0. The fraction of sp³-hybridized carbons (Fsp3) is 0.0455. The van der Waals surface area contributed by atoms with Gasteiger partial charge in [-0.05, 0) is 47.8 Å². The summed E-state index contributed by atoms with van der Waals surface area (Å²) in [5.41, 5.74) is 9.73. The molecular formula is C44H30N5OPt-3. The number of ether oxygens (including phenoxy) is 1. The normalized spacial score (nSPS) is 12.6. The second-order valence-corrected chi connectivity index (χ2v) is 12.7. The van der Waals surface area contributed by atoms with Crippen LogP contribution in [0.5, 0.6) is 11.5 Å². The number of anilines is 3. The van der Waals surface area contributed by atoms with E-state index in [-0.39, 0.29) is 21.1 Å². The fourth-order valence-electron chi connectivity index (χ4n) is 7.41. The van der Waals surface area contributed by atoms with Gasteiger partial charge in [0.1, 0.15) is 5.82 Å². The smallest absolute Gasteiger partial charge is 0.137 e. The van der Waals surface area contributed by atoms with Crippen molar-refractivity contribution in [2.24, 2.45) is 7.05 Å². The summed E-state index contributed by atoms with van der Waals surface area (Å²) in [6.07, 6.45) is 1.99. The van der Waals surface area contributed by atoms with Gasteiger partial charge < -0.3 is 23.7 Å². The van der Waals surface area contributed by atoms with Gasteiger partial charge in [0.2, 0.25) is 0 Å². The number of aryl methyl sites for hydroxylation is 1. The van der Waals surface area contributed by atoms with E-state index in [1.807, 2.05) is 36.5 Å². The molecule has 1 aliphatic heterocycles. The van der Waals surface area contributed by atoms with Crippen molar-refractivity contribution in [2.75, 3.05) is 16.8 Å². The third kappa shape index (κ3) is 5.01. The van der Waals surface area contributed by atoms with Gasteiger partial charge in [0.05, 0.1) is 5.52 Å². The molecule has 0 spiro atoms. The monoisotopic (exact) mass is 839 g/mol. The number of fused-ring (bicyclic) bond motifs is 7. The Morgan fingerprint density at radius 3 is 2.25 bits per heavy atom. The molecule has 3 aromatic heterocycles. The van der Waals surface area contributed by atoms with Crippen molar-refractivity contribution in [1.82, 2.24) is 14.1 Å². The van der Waals surface area contributed by atoms with Crippen molar-refractivity contribution in [2.45, 2.75) is 0 Å². The van der Waals surface area contributed by atoms with E-state index in [2.05, 4.69) is 155 Å². The van der Waals surface area contributed by atoms with Crippen molar-refractivity contribution in [3.05, 3.63) is 158 Å². The average molecular weight is 840 g/mol. The Hall–Kier alpha value is -5.84. The molecule has 0 aliphatic carbocycles. The Labute approximate surface area is 310 Å². The summed E-state index contributed by atoms with van der Waals surface area (Å²) in [5.74, 6) is 2.04. The van der Waals surface area contributed by atoms with E-state index in [0.717, 1.165) is 61.2 Å². The third-order valence-electron chi connectivity index (χ3n) is 9.81. The number of hydrogen-bond acceptors (Lipinski definition) is 4. The predicted octanol–water partition coefficient (Wildman–Crippen LogP) is 10.6. The molecule has 7 heteroatoms. The van der Waals surface area contributed by atoms with Crippen molar-refractivity contribution >= 4 is 60.7 Å². The second kappa shape index (κ2) is 12.2. The summed E-state index contributed by atoms with van der Waals surface area (Å²) in [5, 5.41) is 4.53. The van der Waals surface area contributed by atoms with Crippen LogP contribution in [0.2, 0.25) is 0 Å². The molecule has 4 heterocycles. The average Bonchev–Trinajstić information content (AvgIpc) is 3.78. The van der Waals surface area contributed by atoms with Crippen LogP contribution in [-0.4, -0.2) is 21.2 Å². The van der Waals surface area contributed by atoms with Crippen LogP contribution in [-0.2, 0) is 28.1 Å². The summed E-state index contributed by atoms with van der Waals surface area (Å²) in [7, 11) is 4.17. The zero-order valence-corrected chi connectivity index (χ0v) is 30.1. The van der Waals surface area contributed by atoms with Gasteiger partial charge >= 0.3 is 0 Å². The molecule has 9 aromatic rings. The molecular weight excluding hydrogens is 810 g/mol. The van der Waals surface area contributed by atoms with Gasteiger partial charge in [-0.15, -0.1) is 41.4 Å². The number of pyridine rings is 1. The molecule has 0 N–H and O–H groups in total. The minimum atomic E-state index is 0. The molecule has 6 aromatic carbocycles. The van der Waals surface area contributed by atoms with Gasteiger partial charge in [-0.2, -0.15) is 18.8 Å². The Balaban J connectivity index is 0.00000348. The van der Waals surface area contributed by atoms with Gasteiger partial charge in [-0.25, -0.2) is 4.98 Å². The minimum absolute atomic E-state index is 0. The van der Waals surface area contributed by atoms with E-state index in [1.54, 1.807) is 0 Å². The molecule has 1 aliphatic rings. The van der Waals surface area contributed by atoms with E-state index in [1.165, 1.54) is 16.5 Å². The number of aromatic nitrogens is 3. The van der Waals surface area contributed by atoms with Crippen molar-refractivity contribution in [1.29, 1.82) is 0 Å². The zero-order valence-electron chi connectivity index (χ0n) is 27.8. The summed E-state index contributed by atoms with van der Waals surface area (Å²) >= 11 is 0. The molecule has 0 amide bonds. The number of nitrogens with zero attached hydrogens (tertiary/aromatic N) is 5. The third-order valence-corrected chi connectivity index (χ3v) is 9.81. The van der Waals surface area contributed by atoms with E-state index in [0.29, 0.717) is 11.5 Å². The Morgan fingerprint density at radius 1 is 0.588 bits per heavy atom. The number of para-hydroxylation sites is 3. The number of hydrogen-bond donors (Lipinski definition) is 0. The molecule has 0 bridgehead atoms. The SMILES string of the molecule is CN1[CH-]N(c2[c-]c(Oc3[c-]c4c(cc3)c3cc(-c5ccccc5)ccc3n4-c3cc4c(cn3)c3ccccc3n4C)ccc2)c2ccccc21.[Pt]. The van der Waals surface area contributed by atoms with E-state index < -0.39 is 0 Å². The predicted molar refractivity (Wildman–Crippen MR) is 203 cm³/mol. The first-order valence-electron chi connectivity index (χ1n) is 16.7. The van der Waals surface area contributed by atoms with Crippen LogP contribution >= 0.6 is 0 Å². The maximum atomic E-state index is 6.51. The molecule has 0 unspecified atom stereocenters. The molecule has 0 atom stereocenters. The van der Waals surface area contributed by atoms with Gasteiger partial charge in [0, 0.05) is 85.1 Å². The summed E-state index contributed by atoms with van der Waals surface area (Å²) in [6, 6.07) is 53.4. The summed E-state index contributed by atoms with van der Waals surface area (Å²) in [4.78, 5) is 9.30. The Kier molecular flexibility index (Phi) is 7.45. The second-order valence-electron chi connectivity index (χ2n) is 12.7. The fourth-order valence-corrected chi connectivity index (χ4v) is 7.41. The molecule has 250 valence electrons. The largest absolute Gasteiger partial charge is 0.509 e. The van der Waals surface area contributed by atoms with Crippen LogP contribution in [0.15, 0.2) is 140 Å². The summed E-state index contributed by atoms with van der Waals surface area (Å²) in [6.45, 7) is 2.07. The quantitative estimate of drug-likeness (QED) is 0.162.